The van der Waals surface area contributed by atoms with E-state index in [2.05, 4.69) is 28.5 Å². The molecule has 0 bridgehead atoms. The van der Waals surface area contributed by atoms with Gasteiger partial charge in [-0.1, -0.05) is 35.5 Å². The monoisotopic (exact) mass is 375 g/mol. The van der Waals surface area contributed by atoms with Crippen LogP contribution in [0.25, 0.3) is 22.2 Å². The van der Waals surface area contributed by atoms with Gasteiger partial charge in [0.1, 0.15) is 5.52 Å². The number of fused-ring (bicyclic) bond motifs is 1. The van der Waals surface area contributed by atoms with Crippen LogP contribution in [-0.2, 0) is 20.1 Å². The highest BCUT2D eigenvalue weighted by atomic mass is 16.3. The number of imidazole rings is 1. The molecule has 1 saturated carbocycles. The summed E-state index contributed by atoms with van der Waals surface area (Å²) < 4.78 is 4.72. The van der Waals surface area contributed by atoms with E-state index in [1.54, 1.807) is 7.05 Å². The molecule has 2 aromatic carbocycles. The molecule has 1 N–H and O–H groups in total. The number of nitrogens with zero attached hydrogens (tertiary/aromatic N) is 5. The van der Waals surface area contributed by atoms with E-state index in [1.807, 2.05) is 28.9 Å². The molecule has 5 rings (SSSR count). The highest BCUT2D eigenvalue weighted by Gasteiger charge is 2.23. The van der Waals surface area contributed by atoms with E-state index < -0.39 is 0 Å². The van der Waals surface area contributed by atoms with E-state index in [4.69, 9.17) is 0 Å². The van der Waals surface area contributed by atoms with Crippen LogP contribution in [0.1, 0.15) is 18.4 Å². The summed E-state index contributed by atoms with van der Waals surface area (Å²) in [6.07, 6.45) is 4.04. The Morgan fingerprint density at radius 3 is 2.54 bits per heavy atom. The van der Waals surface area contributed by atoms with Gasteiger partial charge in [0.15, 0.2) is 0 Å². The lowest BCUT2D eigenvalue weighted by Gasteiger charge is -2.06. The van der Waals surface area contributed by atoms with Crippen LogP contribution in [0.5, 0.6) is 5.88 Å². The summed E-state index contributed by atoms with van der Waals surface area (Å²) in [6, 6.07) is 14.3. The standard InChI is InChI=1S/C21H21N5O2/c1-24-20(27)13-25(21(24)28)11-14-4-6-16(7-5-14)17-8-9-19-18(10-17)22-23-26(19)12-15-2-3-15/h4-10,13,15,27H,2-3,11-12H2,1H3. The van der Waals surface area contributed by atoms with Crippen molar-refractivity contribution < 1.29 is 5.11 Å². The van der Waals surface area contributed by atoms with E-state index >= 15 is 0 Å². The van der Waals surface area contributed by atoms with Crippen molar-refractivity contribution in [2.75, 3.05) is 0 Å². The Hall–Kier alpha value is -3.35. The van der Waals surface area contributed by atoms with Gasteiger partial charge in [0.25, 0.3) is 0 Å². The van der Waals surface area contributed by atoms with Gasteiger partial charge in [-0.15, -0.1) is 5.10 Å². The zero-order valence-electron chi connectivity index (χ0n) is 15.6. The van der Waals surface area contributed by atoms with E-state index in [-0.39, 0.29) is 11.6 Å². The summed E-state index contributed by atoms with van der Waals surface area (Å²) in [7, 11) is 1.55. The lowest BCUT2D eigenvalue weighted by Crippen LogP contribution is -2.22. The lowest BCUT2D eigenvalue weighted by molar-refractivity contribution is 0.429. The Bertz CT molecular complexity index is 1210. The third kappa shape index (κ3) is 2.98. The molecule has 1 aliphatic rings. The zero-order chi connectivity index (χ0) is 19.3. The Labute approximate surface area is 161 Å². The van der Waals surface area contributed by atoms with Crippen LogP contribution in [0.4, 0.5) is 0 Å². The molecule has 2 heterocycles. The van der Waals surface area contributed by atoms with Crippen molar-refractivity contribution in [3.8, 4) is 17.0 Å². The first-order chi connectivity index (χ1) is 13.6. The van der Waals surface area contributed by atoms with Crippen molar-refractivity contribution in [1.82, 2.24) is 24.1 Å². The van der Waals surface area contributed by atoms with Crippen molar-refractivity contribution >= 4 is 11.0 Å². The quantitative estimate of drug-likeness (QED) is 0.582. The summed E-state index contributed by atoms with van der Waals surface area (Å²) in [6.45, 7) is 1.38. The molecule has 142 valence electrons. The summed E-state index contributed by atoms with van der Waals surface area (Å²) >= 11 is 0. The van der Waals surface area contributed by atoms with Crippen molar-refractivity contribution in [1.29, 1.82) is 0 Å². The maximum absolute atomic E-state index is 12.0. The summed E-state index contributed by atoms with van der Waals surface area (Å²) in [5.74, 6) is 0.723. The molecule has 28 heavy (non-hydrogen) atoms. The van der Waals surface area contributed by atoms with Gasteiger partial charge < -0.3 is 5.11 Å². The molecule has 0 atom stereocenters. The van der Waals surface area contributed by atoms with Gasteiger partial charge in [0, 0.05) is 13.6 Å². The van der Waals surface area contributed by atoms with E-state index in [0.29, 0.717) is 6.54 Å². The first-order valence-electron chi connectivity index (χ1n) is 9.46. The van der Waals surface area contributed by atoms with Crippen LogP contribution in [0.2, 0.25) is 0 Å². The van der Waals surface area contributed by atoms with Crippen molar-refractivity contribution in [2.45, 2.75) is 25.9 Å². The van der Waals surface area contributed by atoms with E-state index in [1.165, 1.54) is 28.2 Å². The predicted octanol–water partition coefficient (Wildman–Crippen LogP) is 2.76. The summed E-state index contributed by atoms with van der Waals surface area (Å²) in [5, 5.41) is 18.3. The Morgan fingerprint density at radius 2 is 1.86 bits per heavy atom. The number of hydrogen-bond acceptors (Lipinski definition) is 4. The van der Waals surface area contributed by atoms with Gasteiger partial charge in [-0.2, -0.15) is 0 Å². The molecule has 7 nitrogen and oxygen atoms in total. The highest BCUT2D eigenvalue weighted by molar-refractivity contribution is 5.81. The summed E-state index contributed by atoms with van der Waals surface area (Å²) in [5.41, 5.74) is 4.93. The van der Waals surface area contributed by atoms with Crippen molar-refractivity contribution in [3.63, 3.8) is 0 Å². The van der Waals surface area contributed by atoms with Crippen molar-refractivity contribution in [2.24, 2.45) is 13.0 Å². The maximum atomic E-state index is 12.0. The van der Waals surface area contributed by atoms with E-state index in [0.717, 1.165) is 40.2 Å². The Balaban J connectivity index is 1.39. The second-order valence-corrected chi connectivity index (χ2v) is 7.57. The minimum Gasteiger partial charge on any atom is -0.493 e. The Kier molecular flexibility index (Phi) is 3.82. The minimum atomic E-state index is -0.235. The number of hydrogen-bond donors (Lipinski definition) is 1. The molecule has 0 radical (unpaired) electrons. The van der Waals surface area contributed by atoms with Gasteiger partial charge in [-0.3, -0.25) is 9.13 Å². The smallest absolute Gasteiger partial charge is 0.331 e. The third-order valence-corrected chi connectivity index (χ3v) is 5.43. The minimum absolute atomic E-state index is 0.0374. The van der Waals surface area contributed by atoms with Gasteiger partial charge >= 0.3 is 5.69 Å². The zero-order valence-corrected chi connectivity index (χ0v) is 15.6. The molecule has 0 amide bonds. The normalized spacial score (nSPS) is 14.0. The van der Waals surface area contributed by atoms with Crippen LogP contribution >= 0.6 is 0 Å². The molecule has 1 fully saturated rings. The first kappa shape index (κ1) is 16.8. The second kappa shape index (κ2) is 6.37. The van der Waals surface area contributed by atoms with Crippen LogP contribution in [0, 0.1) is 5.92 Å². The van der Waals surface area contributed by atoms with Crippen LogP contribution in [0.3, 0.4) is 0 Å². The molecule has 0 spiro atoms. The highest BCUT2D eigenvalue weighted by Crippen LogP contribution is 2.31. The van der Waals surface area contributed by atoms with Gasteiger partial charge in [-0.05, 0) is 47.6 Å². The number of rotatable bonds is 5. The number of benzene rings is 2. The largest absolute Gasteiger partial charge is 0.493 e. The number of aromatic hydroxyl groups is 1. The fourth-order valence-electron chi connectivity index (χ4n) is 3.52. The molecule has 2 aromatic heterocycles. The Morgan fingerprint density at radius 1 is 1.11 bits per heavy atom. The molecular formula is C21H21N5O2. The van der Waals surface area contributed by atoms with Gasteiger partial charge in [-0.25, -0.2) is 9.48 Å². The van der Waals surface area contributed by atoms with Gasteiger partial charge in [0.05, 0.1) is 18.3 Å². The topological polar surface area (TPSA) is 77.9 Å². The maximum Gasteiger partial charge on any atom is 0.331 e. The average Bonchev–Trinajstić information content (AvgIpc) is 3.39. The molecule has 0 saturated heterocycles. The molecule has 1 aliphatic carbocycles. The SMILES string of the molecule is Cn1c(O)cn(Cc2ccc(-c3ccc4c(c3)nnn4CC3CC3)cc2)c1=O. The van der Waals surface area contributed by atoms with Crippen LogP contribution in [-0.4, -0.2) is 29.2 Å². The molecule has 0 aliphatic heterocycles. The van der Waals surface area contributed by atoms with Crippen LogP contribution < -0.4 is 5.69 Å². The summed E-state index contributed by atoms with van der Waals surface area (Å²) in [4.78, 5) is 12.0. The lowest BCUT2D eigenvalue weighted by atomic mass is 10.0. The number of aromatic nitrogens is 5. The second-order valence-electron chi connectivity index (χ2n) is 7.57. The molecule has 4 aromatic rings. The molecular weight excluding hydrogens is 354 g/mol. The first-order valence-corrected chi connectivity index (χ1v) is 9.46. The third-order valence-electron chi connectivity index (χ3n) is 5.43. The average molecular weight is 375 g/mol. The fraction of sp³-hybridized carbons (Fsp3) is 0.286. The van der Waals surface area contributed by atoms with Gasteiger partial charge in [0.2, 0.25) is 5.88 Å². The fourth-order valence-corrected chi connectivity index (χ4v) is 3.52. The molecule has 7 heteroatoms. The predicted molar refractivity (Wildman–Crippen MR) is 106 cm³/mol. The van der Waals surface area contributed by atoms with E-state index in [9.17, 15) is 9.90 Å². The van der Waals surface area contributed by atoms with Crippen LogP contribution in [0.15, 0.2) is 53.5 Å². The van der Waals surface area contributed by atoms with Crippen molar-refractivity contribution in [3.05, 3.63) is 64.7 Å². The molecule has 0 unspecified atom stereocenters.